The average molecular weight is 473 g/mol. The number of sulfone groups is 1. The highest BCUT2D eigenvalue weighted by molar-refractivity contribution is 7.93. The van der Waals surface area contributed by atoms with E-state index in [1.165, 1.54) is 29.7 Å². The Labute approximate surface area is 187 Å². The zero-order valence-electron chi connectivity index (χ0n) is 16.7. The molecule has 11 heteroatoms. The Balaban J connectivity index is 0.00000341. The molecule has 2 heterocycles. The van der Waals surface area contributed by atoms with Crippen LogP contribution in [-0.2, 0) is 30.7 Å². The van der Waals surface area contributed by atoms with E-state index in [1.54, 1.807) is 12.4 Å². The molecule has 1 aliphatic rings. The first-order chi connectivity index (χ1) is 14.5. The van der Waals surface area contributed by atoms with Crippen LogP contribution in [0.15, 0.2) is 53.7 Å². The smallest absolute Gasteiger partial charge is 0.265 e. The molecule has 3 rings (SSSR count). The summed E-state index contributed by atoms with van der Waals surface area (Å²) in [6, 6.07) is 9.57. The normalized spacial score (nSPS) is 15.5. The molecule has 2 aromatic rings. The van der Waals surface area contributed by atoms with Gasteiger partial charge in [0.2, 0.25) is 0 Å². The first kappa shape index (κ1) is 25.0. The van der Waals surface area contributed by atoms with Crippen molar-refractivity contribution in [3.05, 3.63) is 54.4 Å². The SMILES string of the molecule is Cl.O=C(NO)C1(S(=O)(=O)c2ccc(OCCOCc3ccncc3)cc2)CCOCC1. The maximum absolute atomic E-state index is 13.2. The van der Waals surface area contributed by atoms with Gasteiger partial charge in [-0.2, -0.15) is 0 Å². The summed E-state index contributed by atoms with van der Waals surface area (Å²) in [6.45, 7) is 1.34. The Bertz CT molecular complexity index is 934. The number of aromatic nitrogens is 1. The van der Waals surface area contributed by atoms with Crippen LogP contribution in [0, 0.1) is 0 Å². The van der Waals surface area contributed by atoms with Crippen molar-refractivity contribution in [2.24, 2.45) is 0 Å². The van der Waals surface area contributed by atoms with Gasteiger partial charge in [0.15, 0.2) is 14.6 Å². The predicted octanol–water partition coefficient (Wildman–Crippen LogP) is 1.93. The van der Waals surface area contributed by atoms with Crippen molar-refractivity contribution in [2.45, 2.75) is 29.1 Å². The predicted molar refractivity (Wildman–Crippen MR) is 113 cm³/mol. The van der Waals surface area contributed by atoms with Crippen molar-refractivity contribution in [3.8, 4) is 5.75 Å². The molecule has 170 valence electrons. The van der Waals surface area contributed by atoms with Gasteiger partial charge in [0.05, 0.1) is 18.1 Å². The number of amides is 1. The van der Waals surface area contributed by atoms with Crippen LogP contribution in [0.2, 0.25) is 0 Å². The van der Waals surface area contributed by atoms with Crippen molar-refractivity contribution >= 4 is 28.2 Å². The molecule has 0 spiro atoms. The average Bonchev–Trinajstić information content (AvgIpc) is 2.79. The summed E-state index contributed by atoms with van der Waals surface area (Å²) in [6.07, 6.45) is 3.32. The van der Waals surface area contributed by atoms with Gasteiger partial charge in [0.25, 0.3) is 5.91 Å². The molecule has 1 aromatic carbocycles. The van der Waals surface area contributed by atoms with Crippen LogP contribution >= 0.6 is 12.4 Å². The third kappa shape index (κ3) is 5.72. The zero-order chi connectivity index (χ0) is 21.5. The summed E-state index contributed by atoms with van der Waals surface area (Å²) in [5.74, 6) is -0.466. The van der Waals surface area contributed by atoms with E-state index in [0.29, 0.717) is 25.6 Å². The Morgan fingerprint density at radius 2 is 1.74 bits per heavy atom. The molecule has 0 aliphatic carbocycles. The second-order valence-electron chi connectivity index (χ2n) is 6.78. The van der Waals surface area contributed by atoms with Crippen LogP contribution in [0.3, 0.4) is 0 Å². The van der Waals surface area contributed by atoms with Crippen LogP contribution in [0.1, 0.15) is 18.4 Å². The topological polar surface area (TPSA) is 124 Å². The van der Waals surface area contributed by atoms with Crippen molar-refractivity contribution in [3.63, 3.8) is 0 Å². The van der Waals surface area contributed by atoms with Crippen molar-refractivity contribution in [2.75, 3.05) is 26.4 Å². The number of carbonyl (C=O) groups excluding carboxylic acids is 1. The van der Waals surface area contributed by atoms with Crippen LogP contribution < -0.4 is 10.2 Å². The molecule has 0 atom stereocenters. The number of hydrogen-bond donors (Lipinski definition) is 2. The van der Waals surface area contributed by atoms with E-state index in [9.17, 15) is 13.2 Å². The number of hydroxylamine groups is 1. The molecule has 1 fully saturated rings. The summed E-state index contributed by atoms with van der Waals surface area (Å²) >= 11 is 0. The highest BCUT2D eigenvalue weighted by Gasteiger charge is 2.52. The number of pyridine rings is 1. The lowest BCUT2D eigenvalue weighted by Gasteiger charge is -2.34. The van der Waals surface area contributed by atoms with Crippen LogP contribution in [0.5, 0.6) is 5.75 Å². The highest BCUT2D eigenvalue weighted by atomic mass is 35.5. The number of benzene rings is 1. The van der Waals surface area contributed by atoms with Crippen molar-refractivity contribution in [1.82, 2.24) is 10.5 Å². The van der Waals surface area contributed by atoms with E-state index in [4.69, 9.17) is 19.4 Å². The highest BCUT2D eigenvalue weighted by Crippen LogP contribution is 2.35. The number of carbonyl (C=O) groups is 1. The van der Waals surface area contributed by atoms with E-state index in [1.807, 2.05) is 12.1 Å². The molecule has 9 nitrogen and oxygen atoms in total. The molecule has 2 N–H and O–H groups in total. The number of halogens is 1. The molecule has 1 amide bonds. The van der Waals surface area contributed by atoms with Crippen molar-refractivity contribution in [1.29, 1.82) is 0 Å². The number of rotatable bonds is 9. The standard InChI is InChI=1S/C20H24N2O7S.ClH/c23-19(22-24)20(7-11-27-12-8-20)30(25,26)18-3-1-17(2-4-18)29-14-13-28-15-16-5-9-21-10-6-16;/h1-6,9-10,24H,7-8,11-15H2,(H,22,23);1H. The first-order valence-electron chi connectivity index (χ1n) is 9.46. The fourth-order valence-corrected chi connectivity index (χ4v) is 5.19. The van der Waals surface area contributed by atoms with Crippen LogP contribution in [0.4, 0.5) is 0 Å². The summed E-state index contributed by atoms with van der Waals surface area (Å²) in [7, 11) is -4.05. The van der Waals surface area contributed by atoms with E-state index < -0.39 is 20.5 Å². The summed E-state index contributed by atoms with van der Waals surface area (Å²) < 4.78 is 40.9. The van der Waals surface area contributed by atoms with Crippen LogP contribution in [-0.4, -0.2) is 55.7 Å². The lowest BCUT2D eigenvalue weighted by atomic mass is 9.98. The molecule has 0 radical (unpaired) electrons. The number of ether oxygens (including phenoxy) is 3. The van der Waals surface area contributed by atoms with Gasteiger partial charge in [-0.15, -0.1) is 12.4 Å². The first-order valence-corrected chi connectivity index (χ1v) is 10.9. The van der Waals surface area contributed by atoms with Gasteiger partial charge in [0.1, 0.15) is 12.4 Å². The lowest BCUT2D eigenvalue weighted by Crippen LogP contribution is -2.54. The molecule has 0 saturated carbocycles. The van der Waals surface area contributed by atoms with Gasteiger partial charge >= 0.3 is 0 Å². The molecule has 31 heavy (non-hydrogen) atoms. The zero-order valence-corrected chi connectivity index (χ0v) is 18.4. The second-order valence-corrected chi connectivity index (χ2v) is 9.04. The third-order valence-electron chi connectivity index (χ3n) is 4.98. The monoisotopic (exact) mass is 472 g/mol. The van der Waals surface area contributed by atoms with Crippen LogP contribution in [0.25, 0.3) is 0 Å². The molecular weight excluding hydrogens is 448 g/mol. The fraction of sp³-hybridized carbons (Fsp3) is 0.400. The summed E-state index contributed by atoms with van der Waals surface area (Å²) in [5.41, 5.74) is 2.51. The minimum Gasteiger partial charge on any atom is -0.491 e. The van der Waals surface area contributed by atoms with Gasteiger partial charge in [-0.05, 0) is 54.8 Å². The van der Waals surface area contributed by atoms with Gasteiger partial charge in [-0.1, -0.05) is 0 Å². The van der Waals surface area contributed by atoms with E-state index in [0.717, 1.165) is 5.56 Å². The Morgan fingerprint density at radius 3 is 2.35 bits per heavy atom. The van der Waals surface area contributed by atoms with E-state index in [-0.39, 0.29) is 43.4 Å². The maximum atomic E-state index is 13.2. The molecular formula is C20H25ClN2O7S. The Kier molecular flexibility index (Phi) is 9.20. The fourth-order valence-electron chi connectivity index (χ4n) is 3.25. The summed E-state index contributed by atoms with van der Waals surface area (Å²) in [4.78, 5) is 16.2. The Hall–Kier alpha value is -2.24. The second kappa shape index (κ2) is 11.4. The van der Waals surface area contributed by atoms with Crippen molar-refractivity contribution < 1.29 is 32.6 Å². The molecule has 0 bridgehead atoms. The van der Waals surface area contributed by atoms with Gasteiger partial charge in [0, 0.05) is 25.6 Å². The number of nitrogens with one attached hydrogen (secondary N) is 1. The van der Waals surface area contributed by atoms with Gasteiger partial charge < -0.3 is 14.2 Å². The molecule has 1 saturated heterocycles. The molecule has 1 aromatic heterocycles. The molecule has 0 unspecified atom stereocenters. The largest absolute Gasteiger partial charge is 0.491 e. The number of hydrogen-bond acceptors (Lipinski definition) is 8. The lowest BCUT2D eigenvalue weighted by molar-refractivity contribution is -0.134. The van der Waals surface area contributed by atoms with E-state index in [2.05, 4.69) is 4.98 Å². The number of nitrogens with zero attached hydrogens (tertiary/aromatic N) is 1. The minimum atomic E-state index is -4.05. The maximum Gasteiger partial charge on any atom is 0.265 e. The summed E-state index contributed by atoms with van der Waals surface area (Å²) in [5, 5.41) is 9.08. The quantitative estimate of drug-likeness (QED) is 0.322. The molecule has 1 aliphatic heterocycles. The third-order valence-corrected chi connectivity index (χ3v) is 7.49. The minimum absolute atomic E-state index is 0. The van der Waals surface area contributed by atoms with E-state index >= 15 is 0 Å². The van der Waals surface area contributed by atoms with Gasteiger partial charge in [-0.25, -0.2) is 13.9 Å². The Morgan fingerprint density at radius 1 is 1.10 bits per heavy atom. The van der Waals surface area contributed by atoms with Gasteiger partial charge in [-0.3, -0.25) is 15.0 Å².